The fourth-order valence-corrected chi connectivity index (χ4v) is 2.97. The SMILES string of the molecule is CCOC(=O)COc1c(Br)cc(/C=N\n2c(CC)n[nH]c2=S)cc1OCC. The van der Waals surface area contributed by atoms with Crippen LogP contribution in [0.4, 0.5) is 0 Å². The third-order valence-electron chi connectivity index (χ3n) is 3.33. The van der Waals surface area contributed by atoms with Gasteiger partial charge in [0.2, 0.25) is 4.77 Å². The van der Waals surface area contributed by atoms with Crippen molar-refractivity contribution in [2.24, 2.45) is 5.10 Å². The van der Waals surface area contributed by atoms with E-state index in [0.29, 0.717) is 40.4 Å². The minimum absolute atomic E-state index is 0.204. The van der Waals surface area contributed by atoms with Crippen molar-refractivity contribution in [1.29, 1.82) is 0 Å². The van der Waals surface area contributed by atoms with Crippen LogP contribution in [0.25, 0.3) is 0 Å². The van der Waals surface area contributed by atoms with E-state index in [0.717, 1.165) is 11.4 Å². The van der Waals surface area contributed by atoms with Gasteiger partial charge in [0.15, 0.2) is 23.9 Å². The van der Waals surface area contributed by atoms with Gasteiger partial charge in [-0.05, 0) is 59.7 Å². The molecule has 1 N–H and O–H groups in total. The van der Waals surface area contributed by atoms with E-state index in [2.05, 4.69) is 31.2 Å². The average Bonchev–Trinajstić information content (AvgIpc) is 2.99. The second kappa shape index (κ2) is 10.2. The number of nitrogens with one attached hydrogen (secondary N) is 1. The molecule has 10 heteroatoms. The third-order valence-corrected chi connectivity index (χ3v) is 4.18. The molecule has 0 radical (unpaired) electrons. The Balaban J connectivity index is 2.28. The fourth-order valence-electron chi connectivity index (χ4n) is 2.20. The number of benzene rings is 1. The second-order valence-corrected chi connectivity index (χ2v) is 6.45. The molecule has 0 atom stereocenters. The second-order valence-electron chi connectivity index (χ2n) is 5.21. The molecule has 1 heterocycles. The number of rotatable bonds is 9. The Morgan fingerprint density at radius 1 is 1.33 bits per heavy atom. The van der Waals surface area contributed by atoms with E-state index < -0.39 is 5.97 Å². The first-order valence-electron chi connectivity index (χ1n) is 8.45. The highest BCUT2D eigenvalue weighted by atomic mass is 79.9. The number of esters is 1. The van der Waals surface area contributed by atoms with Gasteiger partial charge >= 0.3 is 5.97 Å². The molecule has 0 aliphatic heterocycles. The number of aromatic amines is 1. The van der Waals surface area contributed by atoms with E-state index in [1.165, 1.54) is 0 Å². The Morgan fingerprint density at radius 3 is 2.78 bits per heavy atom. The number of carbonyl (C=O) groups is 1. The maximum Gasteiger partial charge on any atom is 0.344 e. The number of nitrogens with zero attached hydrogens (tertiary/aromatic N) is 3. The summed E-state index contributed by atoms with van der Waals surface area (Å²) >= 11 is 8.64. The van der Waals surface area contributed by atoms with Crippen molar-refractivity contribution >= 4 is 40.3 Å². The van der Waals surface area contributed by atoms with Crippen molar-refractivity contribution in [3.63, 3.8) is 0 Å². The van der Waals surface area contributed by atoms with Crippen LogP contribution < -0.4 is 9.47 Å². The highest BCUT2D eigenvalue weighted by molar-refractivity contribution is 9.10. The Morgan fingerprint density at radius 2 is 2.11 bits per heavy atom. The number of halogens is 1. The van der Waals surface area contributed by atoms with Crippen molar-refractivity contribution in [2.75, 3.05) is 19.8 Å². The molecule has 0 amide bonds. The molecule has 2 aromatic rings. The normalized spacial score (nSPS) is 11.0. The maximum atomic E-state index is 11.5. The smallest absolute Gasteiger partial charge is 0.344 e. The molecule has 0 fully saturated rings. The molecule has 0 aliphatic rings. The van der Waals surface area contributed by atoms with Crippen LogP contribution in [0.5, 0.6) is 11.5 Å². The summed E-state index contributed by atoms with van der Waals surface area (Å²) in [6.45, 7) is 6.11. The number of carbonyl (C=O) groups excluding carboxylic acids is 1. The summed E-state index contributed by atoms with van der Waals surface area (Å²) in [6.07, 6.45) is 2.34. The summed E-state index contributed by atoms with van der Waals surface area (Å²) in [6, 6.07) is 3.58. The van der Waals surface area contributed by atoms with Crippen LogP contribution in [0.2, 0.25) is 0 Å². The van der Waals surface area contributed by atoms with E-state index in [9.17, 15) is 4.79 Å². The van der Waals surface area contributed by atoms with Gasteiger partial charge in [0.05, 0.1) is 23.9 Å². The van der Waals surface area contributed by atoms with Crippen molar-refractivity contribution in [3.05, 3.63) is 32.8 Å². The number of ether oxygens (including phenoxy) is 3. The first-order valence-corrected chi connectivity index (χ1v) is 9.65. The van der Waals surface area contributed by atoms with Crippen LogP contribution in [0.1, 0.15) is 32.2 Å². The topological polar surface area (TPSA) is 90.7 Å². The predicted molar refractivity (Wildman–Crippen MR) is 107 cm³/mol. The zero-order chi connectivity index (χ0) is 19.8. The molecule has 0 bridgehead atoms. The predicted octanol–water partition coefficient (Wildman–Crippen LogP) is 3.49. The molecule has 0 spiro atoms. The van der Waals surface area contributed by atoms with Crippen LogP contribution in [0, 0.1) is 4.77 Å². The van der Waals surface area contributed by atoms with E-state index in [1.807, 2.05) is 19.9 Å². The van der Waals surface area contributed by atoms with Crippen LogP contribution in [0.3, 0.4) is 0 Å². The van der Waals surface area contributed by atoms with E-state index >= 15 is 0 Å². The van der Waals surface area contributed by atoms with Crippen LogP contribution >= 0.6 is 28.1 Å². The highest BCUT2D eigenvalue weighted by Gasteiger charge is 2.14. The Kier molecular flexibility index (Phi) is 7.99. The van der Waals surface area contributed by atoms with Gasteiger partial charge in [0.1, 0.15) is 0 Å². The number of aryl methyl sites for hydroxylation is 1. The summed E-state index contributed by atoms with van der Waals surface area (Å²) in [7, 11) is 0. The standard InChI is InChI=1S/C17H21BrN4O4S/c1-4-14-20-21-17(27)22(14)19-9-11-7-12(18)16(13(8-11)24-5-2)26-10-15(23)25-6-3/h7-9H,4-6,10H2,1-3H3,(H,21,27)/b19-9-. The quantitative estimate of drug-likeness (QED) is 0.352. The first-order chi connectivity index (χ1) is 13.0. The maximum absolute atomic E-state index is 11.5. The van der Waals surface area contributed by atoms with E-state index in [1.54, 1.807) is 23.9 Å². The molecule has 1 aromatic carbocycles. The minimum atomic E-state index is -0.445. The van der Waals surface area contributed by atoms with Gasteiger partial charge < -0.3 is 14.2 Å². The summed E-state index contributed by atoms with van der Waals surface area (Å²) < 4.78 is 18.7. The molecule has 146 valence electrons. The average molecular weight is 457 g/mol. The van der Waals surface area contributed by atoms with Gasteiger partial charge in [-0.2, -0.15) is 14.9 Å². The molecular formula is C17H21BrN4O4S. The highest BCUT2D eigenvalue weighted by Crippen LogP contribution is 2.36. The van der Waals surface area contributed by atoms with Gasteiger partial charge in [-0.1, -0.05) is 6.92 Å². The summed E-state index contributed by atoms with van der Waals surface area (Å²) in [5.41, 5.74) is 0.763. The molecule has 1 aromatic heterocycles. The number of hydrogen-bond acceptors (Lipinski definition) is 7. The molecular weight excluding hydrogens is 436 g/mol. The largest absolute Gasteiger partial charge is 0.490 e. The molecule has 0 saturated heterocycles. The lowest BCUT2D eigenvalue weighted by Crippen LogP contribution is -2.15. The zero-order valence-corrected chi connectivity index (χ0v) is 17.7. The summed E-state index contributed by atoms with van der Waals surface area (Å²) in [4.78, 5) is 11.5. The van der Waals surface area contributed by atoms with E-state index in [-0.39, 0.29) is 6.61 Å². The molecule has 0 aliphatic carbocycles. The first kappa shape index (κ1) is 21.1. The van der Waals surface area contributed by atoms with Crippen molar-refractivity contribution in [2.45, 2.75) is 27.2 Å². The minimum Gasteiger partial charge on any atom is -0.490 e. The Labute approximate surface area is 170 Å². The van der Waals surface area contributed by atoms with Crippen LogP contribution in [-0.4, -0.2) is 46.9 Å². The third kappa shape index (κ3) is 5.64. The zero-order valence-electron chi connectivity index (χ0n) is 15.3. The number of hydrogen-bond donors (Lipinski definition) is 1. The van der Waals surface area contributed by atoms with Gasteiger partial charge in [-0.15, -0.1) is 0 Å². The molecule has 0 unspecified atom stereocenters. The summed E-state index contributed by atoms with van der Waals surface area (Å²) in [5, 5.41) is 11.2. The lowest BCUT2D eigenvalue weighted by molar-refractivity contribution is -0.145. The monoisotopic (exact) mass is 456 g/mol. The number of aromatic nitrogens is 3. The van der Waals surface area contributed by atoms with Gasteiger partial charge in [0, 0.05) is 6.42 Å². The lowest BCUT2D eigenvalue weighted by Gasteiger charge is -2.14. The molecule has 0 saturated carbocycles. The van der Waals surface area contributed by atoms with E-state index in [4.69, 9.17) is 26.4 Å². The lowest BCUT2D eigenvalue weighted by atomic mass is 10.2. The number of H-pyrrole nitrogens is 1. The fraction of sp³-hybridized carbons (Fsp3) is 0.412. The van der Waals surface area contributed by atoms with Gasteiger partial charge in [0.25, 0.3) is 0 Å². The molecule has 2 rings (SSSR count). The van der Waals surface area contributed by atoms with Crippen molar-refractivity contribution in [1.82, 2.24) is 14.9 Å². The van der Waals surface area contributed by atoms with Crippen molar-refractivity contribution in [3.8, 4) is 11.5 Å². The Bertz CT molecular complexity index is 878. The van der Waals surface area contributed by atoms with Crippen LogP contribution in [0.15, 0.2) is 21.7 Å². The Hall–Kier alpha value is -2.20. The van der Waals surface area contributed by atoms with Crippen molar-refractivity contribution < 1.29 is 19.0 Å². The van der Waals surface area contributed by atoms with Crippen LogP contribution in [-0.2, 0) is 16.0 Å². The van der Waals surface area contributed by atoms with Gasteiger partial charge in [-0.25, -0.2) is 4.79 Å². The molecule has 8 nitrogen and oxygen atoms in total. The molecule has 27 heavy (non-hydrogen) atoms. The summed E-state index contributed by atoms with van der Waals surface area (Å²) in [5.74, 6) is 1.20. The van der Waals surface area contributed by atoms with Gasteiger partial charge in [-0.3, -0.25) is 5.10 Å².